The van der Waals surface area contributed by atoms with Crippen molar-refractivity contribution in [2.75, 3.05) is 58.0 Å². The number of anilines is 2. The predicted molar refractivity (Wildman–Crippen MR) is 171 cm³/mol. The highest BCUT2D eigenvalue weighted by molar-refractivity contribution is 6.24. The molecular weight excluding hydrogens is 594 g/mol. The van der Waals surface area contributed by atoms with E-state index in [1.807, 2.05) is 0 Å². The molecule has 250 valence electrons. The normalized spacial score (nSPS) is 26.6. The molecule has 4 atom stereocenters. The van der Waals surface area contributed by atoms with Gasteiger partial charge in [0.25, 0.3) is 5.91 Å². The van der Waals surface area contributed by atoms with Crippen LogP contribution in [0.15, 0.2) is 23.0 Å². The van der Waals surface area contributed by atoms with Crippen molar-refractivity contribution in [2.45, 2.75) is 51.2 Å². The molecule has 13 nitrogen and oxygen atoms in total. The van der Waals surface area contributed by atoms with Crippen molar-refractivity contribution < 1.29 is 39.6 Å². The first kappa shape index (κ1) is 33.4. The quantitative estimate of drug-likeness (QED) is 0.168. The van der Waals surface area contributed by atoms with E-state index in [0.29, 0.717) is 30.3 Å². The van der Waals surface area contributed by atoms with Gasteiger partial charge in [-0.15, -0.1) is 0 Å². The lowest BCUT2D eigenvalue weighted by Crippen LogP contribution is -2.65. The van der Waals surface area contributed by atoms with E-state index < -0.39 is 63.8 Å². The van der Waals surface area contributed by atoms with Gasteiger partial charge in [-0.3, -0.25) is 24.1 Å². The molecule has 1 aromatic carbocycles. The molecule has 0 bridgehead atoms. The topological polar surface area (TPSA) is 197 Å². The molecule has 2 amide bonds. The van der Waals surface area contributed by atoms with Gasteiger partial charge in [0.05, 0.1) is 23.2 Å². The molecule has 46 heavy (non-hydrogen) atoms. The van der Waals surface area contributed by atoms with Gasteiger partial charge in [-0.1, -0.05) is 26.7 Å². The first-order chi connectivity index (χ1) is 21.6. The van der Waals surface area contributed by atoms with Crippen LogP contribution in [0.3, 0.4) is 0 Å². The number of nitrogens with one attached hydrogen (secondary N) is 1. The van der Waals surface area contributed by atoms with Crippen LogP contribution in [-0.4, -0.2) is 113 Å². The molecule has 1 heterocycles. The van der Waals surface area contributed by atoms with E-state index in [1.165, 1.54) is 4.90 Å². The number of ketones is 2. The Bertz CT molecular complexity index is 1550. The highest BCUT2D eigenvalue weighted by Gasteiger charge is 2.64. The fourth-order valence-corrected chi connectivity index (χ4v) is 7.82. The Balaban J connectivity index is 1.54. The van der Waals surface area contributed by atoms with Crippen LogP contribution in [-0.2, 0) is 25.6 Å². The van der Waals surface area contributed by atoms with Gasteiger partial charge in [0.15, 0.2) is 11.4 Å². The Kier molecular flexibility index (Phi) is 8.73. The number of nitrogens with two attached hydrogens (primary N) is 1. The molecule has 4 aliphatic rings. The number of likely N-dealkylation sites (tertiary alicyclic amines) is 1. The molecule has 2 fully saturated rings. The van der Waals surface area contributed by atoms with E-state index >= 15 is 0 Å². The summed E-state index contributed by atoms with van der Waals surface area (Å²) in [7, 11) is 6.66. The summed E-state index contributed by atoms with van der Waals surface area (Å²) >= 11 is 0. The van der Waals surface area contributed by atoms with Gasteiger partial charge >= 0.3 is 0 Å². The summed E-state index contributed by atoms with van der Waals surface area (Å²) in [4.78, 5) is 58.4. The largest absolute Gasteiger partial charge is 0.508 e. The van der Waals surface area contributed by atoms with E-state index in [-0.39, 0.29) is 41.5 Å². The summed E-state index contributed by atoms with van der Waals surface area (Å²) in [5, 5.41) is 48.9. The van der Waals surface area contributed by atoms with Crippen molar-refractivity contribution in [1.29, 1.82) is 0 Å². The standard InChI is InChI=1S/C33H45N5O8/c1-7-15(8-2)12-38-13-17(14-38)32(45)35-20-11-21(36(3)4)18-9-16-10-19-25(37(5)6)28(41)24(31(34)44)30(43)33(19,46)29(42)22(16)27(40)23(18)26(20)39/h11,15-17,19,25,39-40,43,46H,7-10,12-14H2,1-6H3,(H2,34,44)(H,35,45)/t16-,19-,25-,33-/m0/s1. The van der Waals surface area contributed by atoms with Crippen molar-refractivity contribution in [2.24, 2.45) is 29.4 Å². The lowest BCUT2D eigenvalue weighted by Gasteiger charge is -2.50. The van der Waals surface area contributed by atoms with E-state index in [9.17, 15) is 39.6 Å². The number of carbonyl (C=O) groups excluding carboxylic acids is 4. The Morgan fingerprint density at radius 3 is 2.28 bits per heavy atom. The van der Waals surface area contributed by atoms with Crippen molar-refractivity contribution in [3.63, 3.8) is 0 Å². The Morgan fingerprint density at radius 1 is 1.11 bits per heavy atom. The molecule has 5 rings (SSSR count). The Morgan fingerprint density at radius 2 is 1.74 bits per heavy atom. The maximum Gasteiger partial charge on any atom is 0.255 e. The molecular formula is C33H45N5O8. The second-order valence-electron chi connectivity index (χ2n) is 13.6. The second-order valence-corrected chi connectivity index (χ2v) is 13.6. The number of phenolic OH excluding ortho intramolecular Hbond substituents is 1. The average molecular weight is 640 g/mol. The van der Waals surface area contributed by atoms with Crippen LogP contribution >= 0.6 is 0 Å². The number of hydrogen-bond acceptors (Lipinski definition) is 11. The summed E-state index contributed by atoms with van der Waals surface area (Å²) in [5.74, 6) is -7.19. The molecule has 1 aromatic rings. The molecule has 1 aliphatic heterocycles. The first-order valence-corrected chi connectivity index (χ1v) is 15.8. The molecule has 7 N–H and O–H groups in total. The van der Waals surface area contributed by atoms with Gasteiger partial charge in [0.2, 0.25) is 11.7 Å². The molecule has 0 radical (unpaired) electrons. The van der Waals surface area contributed by atoms with E-state index in [2.05, 4.69) is 24.1 Å². The monoisotopic (exact) mass is 639 g/mol. The summed E-state index contributed by atoms with van der Waals surface area (Å²) in [6.07, 6.45) is 2.28. The smallest absolute Gasteiger partial charge is 0.255 e. The van der Waals surface area contributed by atoms with Crippen molar-refractivity contribution in [3.05, 3.63) is 34.1 Å². The third-order valence-electron chi connectivity index (χ3n) is 10.4. The molecule has 13 heteroatoms. The molecule has 0 unspecified atom stereocenters. The van der Waals surface area contributed by atoms with E-state index in [1.54, 1.807) is 39.2 Å². The maximum absolute atomic E-state index is 14.2. The van der Waals surface area contributed by atoms with Crippen LogP contribution in [0.2, 0.25) is 0 Å². The zero-order valence-electron chi connectivity index (χ0n) is 27.3. The van der Waals surface area contributed by atoms with Crippen LogP contribution in [0.1, 0.15) is 44.2 Å². The number of phenols is 1. The number of nitrogens with zero attached hydrogens (tertiary/aromatic N) is 3. The molecule has 0 spiro atoms. The number of hydrogen-bond donors (Lipinski definition) is 6. The summed E-state index contributed by atoms with van der Waals surface area (Å²) in [6, 6.07) is 0.473. The van der Waals surface area contributed by atoms with Crippen LogP contribution < -0.4 is 16.0 Å². The number of aliphatic hydroxyl groups excluding tert-OH is 2. The predicted octanol–water partition coefficient (Wildman–Crippen LogP) is 1.34. The van der Waals surface area contributed by atoms with Gasteiger partial charge in [-0.2, -0.15) is 0 Å². The van der Waals surface area contributed by atoms with E-state index in [0.717, 1.165) is 19.4 Å². The van der Waals surface area contributed by atoms with Gasteiger partial charge < -0.3 is 41.3 Å². The van der Waals surface area contributed by atoms with Gasteiger partial charge in [0.1, 0.15) is 22.8 Å². The minimum absolute atomic E-state index is 0.00696. The third-order valence-corrected chi connectivity index (χ3v) is 10.4. The first-order valence-electron chi connectivity index (χ1n) is 15.8. The number of likely N-dealkylation sites (N-methyl/N-ethyl adjacent to an activating group) is 1. The highest BCUT2D eigenvalue weighted by Crippen LogP contribution is 2.54. The van der Waals surface area contributed by atoms with Crippen LogP contribution in [0.5, 0.6) is 5.75 Å². The summed E-state index contributed by atoms with van der Waals surface area (Å²) in [6.45, 7) is 6.42. The minimum atomic E-state index is -2.72. The number of aromatic hydroxyl groups is 1. The lowest BCUT2D eigenvalue weighted by atomic mass is 9.57. The number of carbonyl (C=O) groups is 4. The maximum atomic E-state index is 14.2. The fourth-order valence-electron chi connectivity index (χ4n) is 7.82. The molecule has 1 saturated carbocycles. The Hall–Kier alpha value is -3.94. The van der Waals surface area contributed by atoms with Crippen LogP contribution in [0.4, 0.5) is 11.4 Å². The Labute approximate surface area is 268 Å². The van der Waals surface area contributed by atoms with Crippen LogP contribution in [0.25, 0.3) is 5.76 Å². The minimum Gasteiger partial charge on any atom is -0.508 e. The number of primary amides is 1. The molecule has 1 saturated heterocycles. The zero-order valence-corrected chi connectivity index (χ0v) is 27.3. The van der Waals surface area contributed by atoms with Crippen molar-refractivity contribution in [1.82, 2.24) is 9.80 Å². The van der Waals surface area contributed by atoms with Gasteiger partial charge in [-0.25, -0.2) is 0 Å². The molecule has 3 aliphatic carbocycles. The summed E-state index contributed by atoms with van der Waals surface area (Å²) < 4.78 is 0. The van der Waals surface area contributed by atoms with Crippen molar-refractivity contribution >= 4 is 40.5 Å². The third kappa shape index (κ3) is 5.05. The van der Waals surface area contributed by atoms with E-state index in [4.69, 9.17) is 5.73 Å². The summed E-state index contributed by atoms with van der Waals surface area (Å²) in [5.41, 5.74) is 2.68. The lowest BCUT2D eigenvalue weighted by molar-refractivity contribution is -0.153. The number of fused-ring (bicyclic) bond motifs is 3. The number of benzene rings is 1. The van der Waals surface area contributed by atoms with Gasteiger partial charge in [-0.05, 0) is 50.4 Å². The van der Waals surface area contributed by atoms with Crippen molar-refractivity contribution in [3.8, 4) is 5.75 Å². The number of rotatable bonds is 9. The highest BCUT2D eigenvalue weighted by atomic mass is 16.3. The SMILES string of the molecule is CCC(CC)CN1CC(C(=O)Nc2cc(N(C)C)c3c(c2O)C(O)=C2C(=O)[C@]4(O)C(O)=C(C(N)=O)C(=O)[C@@H](N(C)C)[C@@H]4C[C@@H]2C3)C1. The molecule has 0 aromatic heterocycles. The zero-order chi connectivity index (χ0) is 34.0. The average Bonchev–Trinajstić information content (AvgIpc) is 2.95. The van der Waals surface area contributed by atoms with Gasteiger partial charge in [0, 0.05) is 50.9 Å². The van der Waals surface area contributed by atoms with Crippen LogP contribution in [0, 0.1) is 23.7 Å². The number of amides is 2. The second kappa shape index (κ2) is 12.0. The number of Topliss-reactive ketones (excluding diaryl/α,β-unsaturated/α-hetero) is 2. The number of aliphatic hydroxyl groups is 3. The fraction of sp³-hybridized carbons (Fsp3) is 0.576.